The third-order valence-corrected chi connectivity index (χ3v) is 4.18. The molecule has 1 fully saturated rings. The molecule has 0 spiro atoms. The number of anilines is 1. The summed E-state index contributed by atoms with van der Waals surface area (Å²) < 4.78 is 10.7. The van der Waals surface area contributed by atoms with Crippen LogP contribution in [0.2, 0.25) is 0 Å². The molecule has 1 heterocycles. The molecular formula is C21H24N4O4. The fourth-order valence-electron chi connectivity index (χ4n) is 2.69. The lowest BCUT2D eigenvalue weighted by Crippen LogP contribution is -2.42. The number of carbonyl (C=O) groups is 2. The average Bonchev–Trinajstić information content (AvgIpc) is 2.75. The van der Waals surface area contributed by atoms with Gasteiger partial charge in [0.1, 0.15) is 5.75 Å². The Bertz CT molecular complexity index is 818. The molecule has 0 bridgehead atoms. The minimum Gasteiger partial charge on any atom is -0.484 e. The topological polar surface area (TPSA) is 92.3 Å². The quantitative estimate of drug-likeness (QED) is 0.521. The molecule has 0 unspecified atom stereocenters. The third-order valence-electron chi connectivity index (χ3n) is 4.18. The Hall–Kier alpha value is -3.23. The SMILES string of the molecule is O=C(CN1CCOCC1)N/N=C\c1ccc(OCC(=O)Nc2ccccc2)cc1. The van der Waals surface area contributed by atoms with E-state index in [1.807, 2.05) is 35.2 Å². The minimum atomic E-state index is -0.232. The molecule has 8 nitrogen and oxygen atoms in total. The second-order valence-corrected chi connectivity index (χ2v) is 6.45. The highest BCUT2D eigenvalue weighted by Gasteiger charge is 2.13. The van der Waals surface area contributed by atoms with Crippen LogP contribution in [0, 0.1) is 0 Å². The number of hydrogen-bond donors (Lipinski definition) is 2. The fraction of sp³-hybridized carbons (Fsp3) is 0.286. The van der Waals surface area contributed by atoms with Crippen LogP contribution in [0.3, 0.4) is 0 Å². The van der Waals surface area contributed by atoms with Crippen LogP contribution >= 0.6 is 0 Å². The number of rotatable bonds is 8. The van der Waals surface area contributed by atoms with Gasteiger partial charge in [-0.15, -0.1) is 0 Å². The van der Waals surface area contributed by atoms with E-state index in [1.54, 1.807) is 30.5 Å². The summed E-state index contributed by atoms with van der Waals surface area (Å²) in [6.07, 6.45) is 1.56. The van der Waals surface area contributed by atoms with E-state index in [1.165, 1.54) is 0 Å². The van der Waals surface area contributed by atoms with Gasteiger partial charge in [0.2, 0.25) is 0 Å². The second-order valence-electron chi connectivity index (χ2n) is 6.45. The third kappa shape index (κ3) is 7.36. The summed E-state index contributed by atoms with van der Waals surface area (Å²) in [5.41, 5.74) is 4.05. The number of ether oxygens (including phenoxy) is 2. The lowest BCUT2D eigenvalue weighted by Gasteiger charge is -2.25. The van der Waals surface area contributed by atoms with Crippen molar-refractivity contribution in [3.8, 4) is 5.75 Å². The molecular weight excluding hydrogens is 372 g/mol. The number of morpholine rings is 1. The number of nitrogens with zero attached hydrogens (tertiary/aromatic N) is 2. The Morgan fingerprint density at radius 2 is 1.76 bits per heavy atom. The number of hydrazone groups is 1. The van der Waals surface area contributed by atoms with Crippen molar-refractivity contribution in [2.45, 2.75) is 0 Å². The first kappa shape index (κ1) is 20.5. The standard InChI is InChI=1S/C21H24N4O4/c26-20(15-25-10-12-28-13-11-25)24-22-14-17-6-8-19(9-7-17)29-16-21(27)23-18-4-2-1-3-5-18/h1-9,14H,10-13,15-16H2,(H,23,27)(H,24,26)/b22-14-. The normalized spacial score (nSPS) is 14.5. The van der Waals surface area contributed by atoms with Crippen LogP contribution in [0.5, 0.6) is 5.75 Å². The zero-order chi connectivity index (χ0) is 20.3. The van der Waals surface area contributed by atoms with Crippen molar-refractivity contribution in [3.63, 3.8) is 0 Å². The summed E-state index contributed by atoms with van der Waals surface area (Å²) in [7, 11) is 0. The van der Waals surface area contributed by atoms with Crippen LogP contribution in [0.1, 0.15) is 5.56 Å². The van der Waals surface area contributed by atoms with E-state index in [4.69, 9.17) is 9.47 Å². The smallest absolute Gasteiger partial charge is 0.262 e. The van der Waals surface area contributed by atoms with Gasteiger partial charge in [-0.3, -0.25) is 14.5 Å². The van der Waals surface area contributed by atoms with Crippen LogP contribution in [0.4, 0.5) is 5.69 Å². The molecule has 2 aromatic carbocycles. The molecule has 0 radical (unpaired) electrons. The molecule has 2 N–H and O–H groups in total. The number of para-hydroxylation sites is 1. The van der Waals surface area contributed by atoms with Crippen molar-refractivity contribution in [1.29, 1.82) is 0 Å². The lowest BCUT2D eigenvalue weighted by molar-refractivity contribution is -0.123. The van der Waals surface area contributed by atoms with Gasteiger partial charge in [0.05, 0.1) is 26.0 Å². The van der Waals surface area contributed by atoms with E-state index in [-0.39, 0.29) is 18.4 Å². The Balaban J connectivity index is 1.38. The van der Waals surface area contributed by atoms with E-state index >= 15 is 0 Å². The summed E-state index contributed by atoms with van der Waals surface area (Å²) in [5, 5.41) is 6.73. The van der Waals surface area contributed by atoms with Crippen LogP contribution in [-0.2, 0) is 14.3 Å². The molecule has 0 aromatic heterocycles. The van der Waals surface area contributed by atoms with Crippen LogP contribution in [-0.4, -0.2) is 62.4 Å². The average molecular weight is 396 g/mol. The van der Waals surface area contributed by atoms with Crippen LogP contribution < -0.4 is 15.5 Å². The summed E-state index contributed by atoms with van der Waals surface area (Å²) in [5.74, 6) is 0.180. The minimum absolute atomic E-state index is 0.0834. The maximum atomic E-state index is 11.9. The predicted octanol–water partition coefficient (Wildman–Crippen LogP) is 1.49. The van der Waals surface area contributed by atoms with Crippen molar-refractivity contribution < 1.29 is 19.1 Å². The Morgan fingerprint density at radius 1 is 1.03 bits per heavy atom. The molecule has 3 rings (SSSR count). The zero-order valence-corrected chi connectivity index (χ0v) is 16.0. The highest BCUT2D eigenvalue weighted by molar-refractivity contribution is 5.91. The van der Waals surface area contributed by atoms with Gasteiger partial charge in [0.25, 0.3) is 11.8 Å². The summed E-state index contributed by atoms with van der Waals surface area (Å²) in [6, 6.07) is 16.3. The van der Waals surface area contributed by atoms with Gasteiger partial charge in [-0.25, -0.2) is 5.43 Å². The van der Waals surface area contributed by atoms with E-state index in [0.717, 1.165) is 24.3 Å². The van der Waals surface area contributed by atoms with Gasteiger partial charge >= 0.3 is 0 Å². The highest BCUT2D eigenvalue weighted by atomic mass is 16.5. The number of hydrogen-bond acceptors (Lipinski definition) is 6. The Morgan fingerprint density at radius 3 is 2.48 bits per heavy atom. The van der Waals surface area contributed by atoms with Gasteiger partial charge in [0.15, 0.2) is 6.61 Å². The first-order chi connectivity index (χ1) is 14.2. The van der Waals surface area contributed by atoms with Gasteiger partial charge in [-0.1, -0.05) is 18.2 Å². The highest BCUT2D eigenvalue weighted by Crippen LogP contribution is 2.11. The largest absolute Gasteiger partial charge is 0.484 e. The van der Waals surface area contributed by atoms with Crippen LogP contribution in [0.15, 0.2) is 59.7 Å². The van der Waals surface area contributed by atoms with Gasteiger partial charge in [-0.2, -0.15) is 5.10 Å². The number of carbonyl (C=O) groups excluding carboxylic acids is 2. The maximum Gasteiger partial charge on any atom is 0.262 e. The van der Waals surface area contributed by atoms with E-state index in [0.29, 0.717) is 25.5 Å². The molecule has 2 aromatic rings. The summed E-state index contributed by atoms with van der Waals surface area (Å²) in [4.78, 5) is 25.8. The fourth-order valence-corrected chi connectivity index (χ4v) is 2.69. The first-order valence-corrected chi connectivity index (χ1v) is 9.39. The van der Waals surface area contributed by atoms with Crippen molar-refractivity contribution in [2.75, 3.05) is 44.8 Å². The van der Waals surface area contributed by atoms with Crippen LogP contribution in [0.25, 0.3) is 0 Å². The molecule has 8 heteroatoms. The Labute approximate surface area is 169 Å². The second kappa shape index (κ2) is 10.9. The van der Waals surface area contributed by atoms with E-state index < -0.39 is 0 Å². The first-order valence-electron chi connectivity index (χ1n) is 9.39. The summed E-state index contributed by atoms with van der Waals surface area (Å²) in [6.45, 7) is 3.03. The Kier molecular flexibility index (Phi) is 7.73. The molecule has 152 valence electrons. The number of nitrogens with one attached hydrogen (secondary N) is 2. The van der Waals surface area contributed by atoms with Gasteiger partial charge < -0.3 is 14.8 Å². The maximum absolute atomic E-state index is 11.9. The zero-order valence-electron chi connectivity index (χ0n) is 16.0. The molecule has 2 amide bonds. The van der Waals surface area contributed by atoms with E-state index in [9.17, 15) is 9.59 Å². The number of amides is 2. The van der Waals surface area contributed by atoms with Crippen molar-refractivity contribution in [2.24, 2.45) is 5.10 Å². The van der Waals surface area contributed by atoms with Crippen molar-refractivity contribution >= 4 is 23.7 Å². The summed E-state index contributed by atoms with van der Waals surface area (Å²) >= 11 is 0. The molecule has 29 heavy (non-hydrogen) atoms. The molecule has 0 atom stereocenters. The van der Waals surface area contributed by atoms with Gasteiger partial charge in [-0.05, 0) is 42.0 Å². The molecule has 0 aliphatic carbocycles. The molecule has 1 aliphatic heterocycles. The van der Waals surface area contributed by atoms with E-state index in [2.05, 4.69) is 15.8 Å². The molecule has 1 saturated heterocycles. The monoisotopic (exact) mass is 396 g/mol. The molecule has 0 saturated carbocycles. The molecule has 1 aliphatic rings. The van der Waals surface area contributed by atoms with Crippen molar-refractivity contribution in [1.82, 2.24) is 10.3 Å². The predicted molar refractivity (Wildman–Crippen MR) is 110 cm³/mol. The lowest BCUT2D eigenvalue weighted by atomic mass is 10.2. The number of benzene rings is 2. The van der Waals surface area contributed by atoms with Crippen molar-refractivity contribution in [3.05, 3.63) is 60.2 Å². The van der Waals surface area contributed by atoms with Gasteiger partial charge in [0, 0.05) is 18.8 Å².